The van der Waals surface area contributed by atoms with Gasteiger partial charge in [0.2, 0.25) is 0 Å². The van der Waals surface area contributed by atoms with Crippen LogP contribution in [0.15, 0.2) is 31.0 Å². The Morgan fingerprint density at radius 3 is 2.95 bits per heavy atom. The molecule has 1 saturated carbocycles. The van der Waals surface area contributed by atoms with Crippen molar-refractivity contribution in [2.45, 2.75) is 39.3 Å². The minimum atomic E-state index is 0.289. The first-order valence-electron chi connectivity index (χ1n) is 6.86. The molecular formula is C15H19N3O. The maximum atomic E-state index is 12.0. The Morgan fingerprint density at radius 2 is 2.26 bits per heavy atom. The lowest BCUT2D eigenvalue weighted by Gasteiger charge is -2.12. The van der Waals surface area contributed by atoms with E-state index in [0.29, 0.717) is 11.8 Å². The Morgan fingerprint density at radius 1 is 1.47 bits per heavy atom. The largest absolute Gasteiger partial charge is 0.348 e. The van der Waals surface area contributed by atoms with Gasteiger partial charge in [0.1, 0.15) is 0 Å². The minimum absolute atomic E-state index is 0.289. The zero-order chi connectivity index (χ0) is 13.4. The summed E-state index contributed by atoms with van der Waals surface area (Å²) in [6.07, 6.45) is 9.81. The van der Waals surface area contributed by atoms with Crippen molar-refractivity contribution in [1.29, 1.82) is 0 Å². The monoisotopic (exact) mass is 257 g/mol. The van der Waals surface area contributed by atoms with E-state index in [1.165, 1.54) is 0 Å². The number of carbonyl (C=O) groups excluding carboxylic acids is 1. The molecular weight excluding hydrogens is 238 g/mol. The fraction of sp³-hybridized carbons (Fsp3) is 0.467. The van der Waals surface area contributed by atoms with Crippen molar-refractivity contribution < 1.29 is 4.79 Å². The first kappa shape index (κ1) is 12.2. The number of aromatic nitrogens is 3. The summed E-state index contributed by atoms with van der Waals surface area (Å²) in [5.41, 5.74) is 2.01. The summed E-state index contributed by atoms with van der Waals surface area (Å²) < 4.78 is 4.22. The van der Waals surface area contributed by atoms with Gasteiger partial charge in [-0.2, -0.15) is 0 Å². The highest BCUT2D eigenvalue weighted by molar-refractivity contribution is 5.99. The Kier molecular flexibility index (Phi) is 3.01. The molecule has 19 heavy (non-hydrogen) atoms. The first-order valence-corrected chi connectivity index (χ1v) is 6.86. The number of imidazole rings is 1. The molecule has 2 heterocycles. The van der Waals surface area contributed by atoms with E-state index in [1.807, 2.05) is 31.0 Å². The second-order valence-corrected chi connectivity index (χ2v) is 5.60. The third kappa shape index (κ3) is 2.48. The number of ketones is 1. The molecule has 0 aliphatic heterocycles. The molecule has 4 nitrogen and oxygen atoms in total. The molecule has 100 valence electrons. The van der Waals surface area contributed by atoms with E-state index < -0.39 is 0 Å². The Labute approximate surface area is 113 Å². The van der Waals surface area contributed by atoms with Gasteiger partial charge in [-0.15, -0.1) is 0 Å². The average molecular weight is 257 g/mol. The number of hydrogen-bond donors (Lipinski definition) is 0. The normalized spacial score (nSPS) is 15.1. The van der Waals surface area contributed by atoms with Gasteiger partial charge in [0, 0.05) is 36.1 Å². The van der Waals surface area contributed by atoms with E-state index in [9.17, 15) is 4.79 Å². The molecule has 0 radical (unpaired) electrons. The number of rotatable bonds is 5. The van der Waals surface area contributed by atoms with E-state index in [0.717, 1.165) is 30.6 Å². The number of nitrogens with zero attached hydrogens (tertiary/aromatic N) is 3. The van der Waals surface area contributed by atoms with Gasteiger partial charge in [0.25, 0.3) is 0 Å². The molecule has 2 aromatic heterocycles. The number of hydrogen-bond acceptors (Lipinski definition) is 2. The standard InChI is InChI=1S/C15H19N3O/c1-11(2)18-10-16-7-14(18)9-17-6-5-13(8-17)15(19)12-3-4-12/h5-8,10-12H,3-4,9H2,1-2H3. The van der Waals surface area contributed by atoms with Crippen molar-refractivity contribution in [1.82, 2.24) is 14.1 Å². The molecule has 1 aliphatic rings. The van der Waals surface area contributed by atoms with Gasteiger partial charge in [0.05, 0.1) is 18.6 Å². The lowest BCUT2D eigenvalue weighted by Crippen LogP contribution is -2.08. The van der Waals surface area contributed by atoms with Crippen LogP contribution in [-0.2, 0) is 6.54 Å². The molecule has 0 saturated heterocycles. The third-order valence-corrected chi connectivity index (χ3v) is 3.63. The lowest BCUT2D eigenvalue weighted by atomic mass is 10.1. The summed E-state index contributed by atoms with van der Waals surface area (Å²) in [6, 6.07) is 2.33. The summed E-state index contributed by atoms with van der Waals surface area (Å²) in [6.45, 7) is 5.04. The highest BCUT2D eigenvalue weighted by atomic mass is 16.1. The minimum Gasteiger partial charge on any atom is -0.348 e. The van der Waals surface area contributed by atoms with Crippen LogP contribution in [0.25, 0.3) is 0 Å². The second-order valence-electron chi connectivity index (χ2n) is 5.60. The average Bonchev–Trinajstić information content (AvgIpc) is 2.94. The summed E-state index contributed by atoms with van der Waals surface area (Å²) >= 11 is 0. The number of carbonyl (C=O) groups is 1. The maximum Gasteiger partial charge on any atom is 0.167 e. The van der Waals surface area contributed by atoms with Gasteiger partial charge in [0.15, 0.2) is 5.78 Å². The molecule has 0 aromatic carbocycles. The van der Waals surface area contributed by atoms with Crippen LogP contribution in [0.3, 0.4) is 0 Å². The van der Waals surface area contributed by atoms with E-state index in [4.69, 9.17) is 0 Å². The maximum absolute atomic E-state index is 12.0. The summed E-state index contributed by atoms with van der Waals surface area (Å²) in [5.74, 6) is 0.591. The van der Waals surface area contributed by atoms with E-state index in [-0.39, 0.29) is 5.92 Å². The zero-order valence-corrected chi connectivity index (χ0v) is 11.4. The predicted octanol–water partition coefficient (Wildman–Crippen LogP) is 2.91. The molecule has 3 rings (SSSR count). The second kappa shape index (κ2) is 4.68. The van der Waals surface area contributed by atoms with E-state index >= 15 is 0 Å². The highest BCUT2D eigenvalue weighted by Crippen LogP contribution is 2.32. The van der Waals surface area contributed by atoms with Crippen molar-refractivity contribution in [3.05, 3.63) is 42.2 Å². The third-order valence-electron chi connectivity index (χ3n) is 3.63. The molecule has 0 atom stereocenters. The van der Waals surface area contributed by atoms with Crippen LogP contribution in [0.4, 0.5) is 0 Å². The molecule has 0 spiro atoms. The fourth-order valence-corrected chi connectivity index (χ4v) is 2.37. The first-order chi connectivity index (χ1) is 9.15. The summed E-state index contributed by atoms with van der Waals surface area (Å²) in [5, 5.41) is 0. The molecule has 0 amide bonds. The van der Waals surface area contributed by atoms with E-state index in [1.54, 1.807) is 0 Å². The Bertz CT molecular complexity index is 590. The lowest BCUT2D eigenvalue weighted by molar-refractivity contribution is 0.0967. The molecule has 0 N–H and O–H groups in total. The quantitative estimate of drug-likeness (QED) is 0.773. The molecule has 4 heteroatoms. The van der Waals surface area contributed by atoms with Gasteiger partial charge < -0.3 is 9.13 Å². The fourth-order valence-electron chi connectivity index (χ4n) is 2.37. The van der Waals surface area contributed by atoms with Crippen molar-refractivity contribution in [3.8, 4) is 0 Å². The van der Waals surface area contributed by atoms with Crippen molar-refractivity contribution >= 4 is 5.78 Å². The summed E-state index contributed by atoms with van der Waals surface area (Å²) in [7, 11) is 0. The molecule has 1 fully saturated rings. The molecule has 0 bridgehead atoms. The van der Waals surface area contributed by atoms with E-state index in [2.05, 4.69) is 28.0 Å². The van der Waals surface area contributed by atoms with Crippen LogP contribution in [0.1, 0.15) is 48.8 Å². The Hall–Kier alpha value is -1.84. The zero-order valence-electron chi connectivity index (χ0n) is 11.4. The van der Waals surface area contributed by atoms with Crippen molar-refractivity contribution in [3.63, 3.8) is 0 Å². The van der Waals surface area contributed by atoms with Gasteiger partial charge in [-0.25, -0.2) is 4.98 Å². The molecule has 0 unspecified atom stereocenters. The van der Waals surface area contributed by atoms with Crippen LogP contribution >= 0.6 is 0 Å². The van der Waals surface area contributed by atoms with Gasteiger partial charge >= 0.3 is 0 Å². The highest BCUT2D eigenvalue weighted by Gasteiger charge is 2.30. The smallest absolute Gasteiger partial charge is 0.167 e. The van der Waals surface area contributed by atoms with Crippen LogP contribution in [-0.4, -0.2) is 19.9 Å². The number of Topliss-reactive ketones (excluding diaryl/α,β-unsaturated/α-hetero) is 1. The van der Waals surface area contributed by atoms with Crippen LogP contribution in [0, 0.1) is 5.92 Å². The van der Waals surface area contributed by atoms with Gasteiger partial charge in [-0.1, -0.05) is 0 Å². The Balaban J connectivity index is 1.76. The predicted molar refractivity (Wildman–Crippen MR) is 73.2 cm³/mol. The van der Waals surface area contributed by atoms with Crippen molar-refractivity contribution in [2.24, 2.45) is 5.92 Å². The molecule has 1 aliphatic carbocycles. The molecule has 2 aromatic rings. The van der Waals surface area contributed by atoms with Crippen LogP contribution in [0.2, 0.25) is 0 Å². The topological polar surface area (TPSA) is 39.8 Å². The van der Waals surface area contributed by atoms with Crippen LogP contribution < -0.4 is 0 Å². The van der Waals surface area contributed by atoms with Crippen molar-refractivity contribution in [2.75, 3.05) is 0 Å². The SMILES string of the molecule is CC(C)n1cncc1Cn1ccc(C(=O)C2CC2)c1. The van der Waals surface area contributed by atoms with Gasteiger partial charge in [-0.05, 0) is 32.8 Å². The van der Waals surface area contributed by atoms with Crippen LogP contribution in [0.5, 0.6) is 0 Å². The summed E-state index contributed by atoms with van der Waals surface area (Å²) in [4.78, 5) is 16.2. The van der Waals surface area contributed by atoms with Gasteiger partial charge in [-0.3, -0.25) is 4.79 Å².